The summed E-state index contributed by atoms with van der Waals surface area (Å²) in [5, 5.41) is 6.11. The number of rotatable bonds is 14. The molecule has 7 heteroatoms. The summed E-state index contributed by atoms with van der Waals surface area (Å²) in [5.41, 5.74) is 2.17. The standard InChI is InChI=1S/C29H41N2O4P/c1-23(2)28(31-27(32)18-17-24-12-6-3-7-13-24)36-22-26(21-35-36)16-10-5-11-19-30-29(33)34-20-25-14-8-4-9-15-25/h3-4,6-9,12-15,23,26,28H,5,10-11,16-22H2,1-2H3,(H,30,33)(H,31,32). The van der Waals surface area contributed by atoms with Crippen molar-refractivity contribution in [2.75, 3.05) is 19.3 Å². The SMILES string of the molecule is CC(C)C(NC(=O)CCc1ccccc1)P1CC(CCCCCNC(=O)OCc2ccccc2)CO1. The van der Waals surface area contributed by atoms with Crippen molar-refractivity contribution in [1.82, 2.24) is 10.6 Å². The van der Waals surface area contributed by atoms with Gasteiger partial charge in [0.2, 0.25) is 5.91 Å². The molecule has 1 aliphatic rings. The number of hydrogen-bond acceptors (Lipinski definition) is 4. The first-order chi connectivity index (χ1) is 17.5. The van der Waals surface area contributed by atoms with Crippen molar-refractivity contribution in [3.8, 4) is 0 Å². The Bertz CT molecular complexity index is 910. The summed E-state index contributed by atoms with van der Waals surface area (Å²) in [4.78, 5) is 24.4. The Morgan fingerprint density at radius 1 is 1.00 bits per heavy atom. The molecule has 0 spiro atoms. The molecule has 6 nitrogen and oxygen atoms in total. The second-order valence-electron chi connectivity index (χ2n) is 9.84. The molecule has 196 valence electrons. The van der Waals surface area contributed by atoms with Gasteiger partial charge in [0.05, 0.1) is 20.5 Å². The first-order valence-corrected chi connectivity index (χ1v) is 14.7. The van der Waals surface area contributed by atoms with Crippen molar-refractivity contribution in [2.45, 2.75) is 64.8 Å². The van der Waals surface area contributed by atoms with E-state index in [1.165, 1.54) is 5.56 Å². The highest BCUT2D eigenvalue weighted by Gasteiger charge is 2.34. The van der Waals surface area contributed by atoms with Gasteiger partial charge in [-0.1, -0.05) is 87.4 Å². The van der Waals surface area contributed by atoms with E-state index in [2.05, 4.69) is 36.6 Å². The third-order valence-electron chi connectivity index (χ3n) is 6.42. The number of aryl methyl sites for hydroxylation is 1. The molecule has 1 aliphatic heterocycles. The maximum atomic E-state index is 12.6. The Morgan fingerprint density at radius 3 is 2.39 bits per heavy atom. The van der Waals surface area contributed by atoms with Crippen LogP contribution in [-0.4, -0.2) is 37.1 Å². The number of unbranched alkanes of at least 4 members (excludes halogenated alkanes) is 2. The third-order valence-corrected chi connectivity index (χ3v) is 9.12. The molecule has 2 aromatic rings. The number of amides is 2. The maximum Gasteiger partial charge on any atom is 0.407 e. The molecule has 36 heavy (non-hydrogen) atoms. The van der Waals surface area contributed by atoms with Crippen LogP contribution in [0.15, 0.2) is 60.7 Å². The van der Waals surface area contributed by atoms with E-state index in [0.29, 0.717) is 31.4 Å². The van der Waals surface area contributed by atoms with Gasteiger partial charge in [-0.3, -0.25) is 4.79 Å². The molecule has 0 bridgehead atoms. The third kappa shape index (κ3) is 10.3. The van der Waals surface area contributed by atoms with E-state index in [1.54, 1.807) is 0 Å². The fourth-order valence-corrected chi connectivity index (χ4v) is 6.99. The van der Waals surface area contributed by atoms with Crippen LogP contribution in [0.4, 0.5) is 4.79 Å². The molecule has 1 saturated heterocycles. The predicted molar refractivity (Wildman–Crippen MR) is 146 cm³/mol. The minimum atomic E-state index is -0.650. The average molecular weight is 513 g/mol. The van der Waals surface area contributed by atoms with E-state index in [-0.39, 0.29) is 17.8 Å². The Labute approximate surface area is 217 Å². The minimum Gasteiger partial charge on any atom is -0.445 e. The van der Waals surface area contributed by atoms with E-state index >= 15 is 0 Å². The molecule has 3 atom stereocenters. The van der Waals surface area contributed by atoms with Crippen LogP contribution < -0.4 is 10.6 Å². The summed E-state index contributed by atoms with van der Waals surface area (Å²) in [5.74, 6) is 1.13. The highest BCUT2D eigenvalue weighted by Crippen LogP contribution is 2.51. The lowest BCUT2D eigenvalue weighted by Crippen LogP contribution is -2.37. The van der Waals surface area contributed by atoms with E-state index in [9.17, 15) is 9.59 Å². The number of alkyl carbamates (subject to hydrolysis) is 1. The first kappa shape index (κ1) is 28.1. The average Bonchev–Trinajstić information content (AvgIpc) is 3.36. The maximum absolute atomic E-state index is 12.6. The van der Waals surface area contributed by atoms with Gasteiger partial charge in [-0.15, -0.1) is 0 Å². The van der Waals surface area contributed by atoms with Gasteiger partial charge in [0.1, 0.15) is 6.61 Å². The summed E-state index contributed by atoms with van der Waals surface area (Å²) >= 11 is 0. The molecular formula is C29H41N2O4P. The van der Waals surface area contributed by atoms with Crippen molar-refractivity contribution < 1.29 is 18.8 Å². The molecule has 0 radical (unpaired) electrons. The smallest absolute Gasteiger partial charge is 0.407 e. The zero-order valence-corrected chi connectivity index (χ0v) is 22.6. The van der Waals surface area contributed by atoms with Gasteiger partial charge < -0.3 is 19.9 Å². The molecule has 3 rings (SSSR count). The summed E-state index contributed by atoms with van der Waals surface area (Å²) in [6.45, 7) is 6.05. The summed E-state index contributed by atoms with van der Waals surface area (Å²) in [6, 6.07) is 19.8. The van der Waals surface area contributed by atoms with Crippen LogP contribution in [-0.2, 0) is 27.1 Å². The molecule has 2 N–H and O–H groups in total. The molecule has 1 fully saturated rings. The lowest BCUT2D eigenvalue weighted by molar-refractivity contribution is -0.121. The molecule has 2 amide bonds. The molecule has 0 aliphatic carbocycles. The number of benzene rings is 2. The van der Waals surface area contributed by atoms with Crippen LogP contribution in [0.5, 0.6) is 0 Å². The highest BCUT2D eigenvalue weighted by atomic mass is 31.1. The Morgan fingerprint density at radius 2 is 1.69 bits per heavy atom. The van der Waals surface area contributed by atoms with Crippen molar-refractivity contribution in [3.63, 3.8) is 0 Å². The lowest BCUT2D eigenvalue weighted by Gasteiger charge is -2.27. The van der Waals surface area contributed by atoms with Crippen molar-refractivity contribution >= 4 is 20.1 Å². The Kier molecular flexibility index (Phi) is 12.2. The lowest BCUT2D eigenvalue weighted by atomic mass is 10.0. The van der Waals surface area contributed by atoms with E-state index < -0.39 is 8.15 Å². The zero-order valence-electron chi connectivity index (χ0n) is 21.7. The van der Waals surface area contributed by atoms with Crippen LogP contribution in [0.2, 0.25) is 0 Å². The molecule has 0 aromatic heterocycles. The normalized spacial score (nSPS) is 18.1. The van der Waals surface area contributed by atoms with Crippen LogP contribution in [0, 0.1) is 11.8 Å². The van der Waals surface area contributed by atoms with Crippen molar-refractivity contribution in [3.05, 3.63) is 71.8 Å². The van der Waals surface area contributed by atoms with Gasteiger partial charge in [-0.2, -0.15) is 0 Å². The van der Waals surface area contributed by atoms with Gasteiger partial charge in [-0.25, -0.2) is 4.79 Å². The van der Waals surface area contributed by atoms with Crippen molar-refractivity contribution in [1.29, 1.82) is 0 Å². The number of hydrogen-bond donors (Lipinski definition) is 2. The first-order valence-electron chi connectivity index (χ1n) is 13.2. The van der Waals surface area contributed by atoms with E-state index in [1.807, 2.05) is 48.5 Å². The van der Waals surface area contributed by atoms with Gasteiger partial charge in [0.15, 0.2) is 0 Å². The van der Waals surface area contributed by atoms with Crippen molar-refractivity contribution in [2.24, 2.45) is 11.8 Å². The van der Waals surface area contributed by atoms with Crippen LogP contribution in [0.25, 0.3) is 0 Å². The summed E-state index contributed by atoms with van der Waals surface area (Å²) in [7, 11) is -0.650. The second-order valence-corrected chi connectivity index (χ2v) is 11.9. The minimum absolute atomic E-state index is 0.111. The summed E-state index contributed by atoms with van der Waals surface area (Å²) < 4.78 is 11.4. The fourth-order valence-electron chi connectivity index (χ4n) is 4.34. The van der Waals surface area contributed by atoms with Gasteiger partial charge in [-0.05, 0) is 48.4 Å². The monoisotopic (exact) mass is 512 g/mol. The topological polar surface area (TPSA) is 76.7 Å². The van der Waals surface area contributed by atoms with Crippen LogP contribution in [0.3, 0.4) is 0 Å². The Balaban J connectivity index is 1.26. The van der Waals surface area contributed by atoms with Gasteiger partial charge in [0, 0.05) is 13.0 Å². The fraction of sp³-hybridized carbons (Fsp3) is 0.517. The number of nitrogens with one attached hydrogen (secondary N) is 2. The van der Waals surface area contributed by atoms with Crippen LogP contribution >= 0.6 is 8.15 Å². The van der Waals surface area contributed by atoms with Crippen LogP contribution in [0.1, 0.15) is 57.1 Å². The van der Waals surface area contributed by atoms with E-state index in [4.69, 9.17) is 9.26 Å². The molecule has 2 aromatic carbocycles. The van der Waals surface area contributed by atoms with Gasteiger partial charge in [0.25, 0.3) is 0 Å². The van der Waals surface area contributed by atoms with Gasteiger partial charge >= 0.3 is 6.09 Å². The molecule has 1 heterocycles. The predicted octanol–water partition coefficient (Wildman–Crippen LogP) is 6.25. The molecule has 0 saturated carbocycles. The molecular weight excluding hydrogens is 471 g/mol. The number of carbonyl (C=O) groups is 2. The Hall–Kier alpha value is -2.43. The number of ether oxygens (including phenoxy) is 1. The number of carbonyl (C=O) groups excluding carboxylic acids is 2. The van der Waals surface area contributed by atoms with E-state index in [0.717, 1.165) is 50.4 Å². The summed E-state index contributed by atoms with van der Waals surface area (Å²) in [6.07, 6.45) is 6.22. The largest absolute Gasteiger partial charge is 0.445 e. The second kappa shape index (κ2) is 15.6. The quantitative estimate of drug-likeness (QED) is 0.232. The highest BCUT2D eigenvalue weighted by molar-refractivity contribution is 7.53. The molecule has 3 unspecified atom stereocenters. The zero-order chi connectivity index (χ0) is 25.6.